The minimum absolute atomic E-state index is 0.152. The molecule has 0 spiro atoms. The van der Waals surface area contributed by atoms with Gasteiger partial charge in [0.15, 0.2) is 11.6 Å². The zero-order valence-corrected chi connectivity index (χ0v) is 12.0. The Balaban J connectivity index is 2.57. The van der Waals surface area contributed by atoms with Crippen LogP contribution in [0.4, 0.5) is 11.6 Å². The van der Waals surface area contributed by atoms with Gasteiger partial charge in [0.25, 0.3) is 0 Å². The molecule has 0 aliphatic rings. The van der Waals surface area contributed by atoms with E-state index in [2.05, 4.69) is 26.5 Å². The lowest BCUT2D eigenvalue weighted by Gasteiger charge is -2.06. The molecular weight excluding hydrogens is 254 g/mol. The van der Waals surface area contributed by atoms with Gasteiger partial charge in [0.2, 0.25) is 0 Å². The van der Waals surface area contributed by atoms with Gasteiger partial charge >= 0.3 is 0 Å². The number of anilines is 2. The van der Waals surface area contributed by atoms with Crippen molar-refractivity contribution in [2.75, 3.05) is 11.1 Å². The second-order valence-corrected chi connectivity index (χ2v) is 4.85. The molecule has 0 bridgehead atoms. The molecule has 104 valence electrons. The molecule has 0 unspecified atom stereocenters. The van der Waals surface area contributed by atoms with Crippen LogP contribution in [-0.4, -0.2) is 25.8 Å². The van der Waals surface area contributed by atoms with E-state index in [1.807, 2.05) is 20.8 Å². The molecule has 3 N–H and O–H groups in total. The molecule has 0 radical (unpaired) electrons. The predicted octanol–water partition coefficient (Wildman–Crippen LogP) is 1.55. The maximum atomic E-state index is 9.23. The fourth-order valence-corrected chi connectivity index (χ4v) is 1.90. The third-order valence-electron chi connectivity index (χ3n) is 2.63. The monoisotopic (exact) mass is 271 g/mol. The standard InChI is InChI=1S/C13H17N7/c1-7(2)16-13-10(6-14)12(15)20(19-13)11-5-8(3)17-9(4)18-11/h5,7H,15H2,1-4H3,(H,16,19). The van der Waals surface area contributed by atoms with Crippen molar-refractivity contribution >= 4 is 11.6 Å². The van der Waals surface area contributed by atoms with E-state index in [4.69, 9.17) is 5.73 Å². The van der Waals surface area contributed by atoms with E-state index in [0.29, 0.717) is 23.0 Å². The van der Waals surface area contributed by atoms with Gasteiger partial charge in [-0.05, 0) is 27.7 Å². The third kappa shape index (κ3) is 2.54. The summed E-state index contributed by atoms with van der Waals surface area (Å²) >= 11 is 0. The SMILES string of the molecule is Cc1cc(-n2nc(NC(C)C)c(C#N)c2N)nc(C)n1. The zero-order valence-electron chi connectivity index (χ0n) is 12.0. The van der Waals surface area contributed by atoms with E-state index in [1.165, 1.54) is 4.68 Å². The second kappa shape index (κ2) is 5.17. The van der Waals surface area contributed by atoms with Crippen LogP contribution in [0.2, 0.25) is 0 Å². The Kier molecular flexibility index (Phi) is 3.57. The molecule has 0 atom stereocenters. The van der Waals surface area contributed by atoms with Gasteiger partial charge in [0, 0.05) is 17.8 Å². The first kappa shape index (κ1) is 13.8. The average molecular weight is 271 g/mol. The lowest BCUT2D eigenvalue weighted by Crippen LogP contribution is -2.11. The van der Waals surface area contributed by atoms with Crippen LogP contribution in [0.3, 0.4) is 0 Å². The zero-order chi connectivity index (χ0) is 14.9. The van der Waals surface area contributed by atoms with Crippen molar-refractivity contribution in [1.82, 2.24) is 19.7 Å². The second-order valence-electron chi connectivity index (χ2n) is 4.85. The van der Waals surface area contributed by atoms with Crippen LogP contribution in [0.1, 0.15) is 30.9 Å². The van der Waals surface area contributed by atoms with Crippen LogP contribution >= 0.6 is 0 Å². The lowest BCUT2D eigenvalue weighted by molar-refractivity contribution is 0.817. The van der Waals surface area contributed by atoms with Crippen molar-refractivity contribution in [3.8, 4) is 11.9 Å². The number of nitrogens with two attached hydrogens (primary N) is 1. The number of nitrogens with one attached hydrogen (secondary N) is 1. The minimum atomic E-state index is 0.152. The first-order valence-corrected chi connectivity index (χ1v) is 6.30. The molecule has 7 nitrogen and oxygen atoms in total. The number of nitrogens with zero attached hydrogens (tertiary/aromatic N) is 5. The Morgan fingerprint density at radius 1 is 1.35 bits per heavy atom. The van der Waals surface area contributed by atoms with Crippen molar-refractivity contribution in [1.29, 1.82) is 5.26 Å². The number of aromatic nitrogens is 4. The molecule has 2 rings (SSSR count). The number of aryl methyl sites for hydroxylation is 2. The molecule has 0 fully saturated rings. The molecule has 7 heteroatoms. The summed E-state index contributed by atoms with van der Waals surface area (Å²) in [7, 11) is 0. The van der Waals surface area contributed by atoms with Gasteiger partial charge in [-0.2, -0.15) is 9.94 Å². The van der Waals surface area contributed by atoms with Gasteiger partial charge in [-0.1, -0.05) is 0 Å². The largest absolute Gasteiger partial charge is 0.382 e. The molecule has 0 aliphatic heterocycles. The Hall–Kier alpha value is -2.62. The topological polar surface area (TPSA) is 105 Å². The quantitative estimate of drug-likeness (QED) is 0.877. The van der Waals surface area contributed by atoms with Gasteiger partial charge < -0.3 is 11.1 Å². The summed E-state index contributed by atoms with van der Waals surface area (Å²) in [6.45, 7) is 7.61. The van der Waals surface area contributed by atoms with Gasteiger partial charge in [-0.25, -0.2) is 9.97 Å². The van der Waals surface area contributed by atoms with E-state index in [1.54, 1.807) is 13.0 Å². The summed E-state index contributed by atoms with van der Waals surface area (Å²) < 4.78 is 1.46. The van der Waals surface area contributed by atoms with Crippen LogP contribution in [0.25, 0.3) is 5.82 Å². The molecule has 0 aliphatic carbocycles. The molecule has 0 saturated carbocycles. The summed E-state index contributed by atoms with van der Waals surface area (Å²) in [6, 6.07) is 4.00. The fourth-order valence-electron chi connectivity index (χ4n) is 1.90. The summed E-state index contributed by atoms with van der Waals surface area (Å²) in [5, 5.41) is 16.7. The molecule has 0 amide bonds. The highest BCUT2D eigenvalue weighted by atomic mass is 15.4. The Labute approximate surface area is 117 Å². The summed E-state index contributed by atoms with van der Waals surface area (Å²) in [5.74, 6) is 1.93. The Bertz CT molecular complexity index is 659. The van der Waals surface area contributed by atoms with E-state index in [0.717, 1.165) is 5.69 Å². The minimum Gasteiger partial charge on any atom is -0.382 e. The van der Waals surface area contributed by atoms with Crippen LogP contribution in [0, 0.1) is 25.2 Å². The number of nitrogen functional groups attached to an aromatic ring is 1. The normalized spacial score (nSPS) is 10.6. The number of hydrogen-bond acceptors (Lipinski definition) is 6. The van der Waals surface area contributed by atoms with Gasteiger partial charge in [0.05, 0.1) is 0 Å². The maximum absolute atomic E-state index is 9.23. The fraction of sp³-hybridized carbons (Fsp3) is 0.385. The van der Waals surface area contributed by atoms with Crippen LogP contribution in [0.15, 0.2) is 6.07 Å². The highest BCUT2D eigenvalue weighted by Crippen LogP contribution is 2.24. The summed E-state index contributed by atoms with van der Waals surface area (Å²) in [6.07, 6.45) is 0. The predicted molar refractivity (Wildman–Crippen MR) is 76.5 cm³/mol. The van der Waals surface area contributed by atoms with Gasteiger partial charge in [0.1, 0.15) is 23.3 Å². The number of rotatable bonds is 3. The van der Waals surface area contributed by atoms with E-state index < -0.39 is 0 Å². The molecule has 0 saturated heterocycles. The Morgan fingerprint density at radius 3 is 2.60 bits per heavy atom. The van der Waals surface area contributed by atoms with Crippen LogP contribution in [-0.2, 0) is 0 Å². The van der Waals surface area contributed by atoms with E-state index in [9.17, 15) is 5.26 Å². The van der Waals surface area contributed by atoms with Crippen molar-refractivity contribution in [2.24, 2.45) is 0 Å². The lowest BCUT2D eigenvalue weighted by atomic mass is 10.3. The molecule has 20 heavy (non-hydrogen) atoms. The average Bonchev–Trinajstić information content (AvgIpc) is 2.63. The van der Waals surface area contributed by atoms with Crippen LogP contribution in [0.5, 0.6) is 0 Å². The van der Waals surface area contributed by atoms with Gasteiger partial charge in [-0.3, -0.25) is 0 Å². The summed E-state index contributed by atoms with van der Waals surface area (Å²) in [4.78, 5) is 8.52. The van der Waals surface area contributed by atoms with E-state index in [-0.39, 0.29) is 11.9 Å². The Morgan fingerprint density at radius 2 is 2.05 bits per heavy atom. The molecule has 2 aromatic rings. The molecular formula is C13H17N7. The van der Waals surface area contributed by atoms with Crippen molar-refractivity contribution in [3.63, 3.8) is 0 Å². The third-order valence-corrected chi connectivity index (χ3v) is 2.63. The molecule has 0 aromatic carbocycles. The van der Waals surface area contributed by atoms with Crippen molar-refractivity contribution < 1.29 is 0 Å². The van der Waals surface area contributed by atoms with Crippen molar-refractivity contribution in [2.45, 2.75) is 33.7 Å². The van der Waals surface area contributed by atoms with Crippen LogP contribution < -0.4 is 11.1 Å². The molecule has 2 aromatic heterocycles. The highest BCUT2D eigenvalue weighted by molar-refractivity contribution is 5.65. The number of nitriles is 1. The smallest absolute Gasteiger partial charge is 0.169 e. The first-order valence-electron chi connectivity index (χ1n) is 6.30. The molecule has 2 heterocycles. The highest BCUT2D eigenvalue weighted by Gasteiger charge is 2.18. The maximum Gasteiger partial charge on any atom is 0.169 e. The van der Waals surface area contributed by atoms with Gasteiger partial charge in [-0.15, -0.1) is 5.10 Å². The van der Waals surface area contributed by atoms with E-state index >= 15 is 0 Å². The number of hydrogen-bond donors (Lipinski definition) is 2. The summed E-state index contributed by atoms with van der Waals surface area (Å²) in [5.41, 5.74) is 7.15. The first-order chi connectivity index (χ1) is 9.42. The van der Waals surface area contributed by atoms with Crippen molar-refractivity contribution in [3.05, 3.63) is 23.1 Å².